The molecule has 0 saturated carbocycles. The van der Waals surface area contributed by atoms with Crippen LogP contribution in [0, 0.1) is 0 Å². The second-order valence-corrected chi connectivity index (χ2v) is 7.36. The van der Waals surface area contributed by atoms with E-state index >= 15 is 0 Å². The van der Waals surface area contributed by atoms with Gasteiger partial charge in [-0.15, -0.1) is 0 Å². The topological polar surface area (TPSA) is 44.8 Å². The molecule has 6 heteroatoms. The minimum absolute atomic E-state index is 0.501. The first-order valence-corrected chi connectivity index (χ1v) is 7.91. The average Bonchev–Trinajstić information content (AvgIpc) is 2.45. The summed E-state index contributed by atoms with van der Waals surface area (Å²) in [6.07, 6.45) is 2.63. The fourth-order valence-electron chi connectivity index (χ4n) is 0.841. The van der Waals surface area contributed by atoms with Crippen LogP contribution in [0.5, 0.6) is 0 Å². The fourth-order valence-corrected chi connectivity index (χ4v) is 4.95. The summed E-state index contributed by atoms with van der Waals surface area (Å²) in [6, 6.07) is 0. The fraction of sp³-hybridized carbons (Fsp3) is 0.625. The predicted molar refractivity (Wildman–Crippen MR) is 56.3 cm³/mol. The second-order valence-electron chi connectivity index (χ2n) is 3.09. The van der Waals surface area contributed by atoms with Crippen molar-refractivity contribution in [3.05, 3.63) is 12.2 Å². The molecular formula is C8H12FIO4. The molecule has 82 valence electrons. The van der Waals surface area contributed by atoms with Gasteiger partial charge in [-0.3, -0.25) is 0 Å². The first kappa shape index (κ1) is 11.9. The van der Waals surface area contributed by atoms with Gasteiger partial charge in [-0.05, 0) is 0 Å². The van der Waals surface area contributed by atoms with Gasteiger partial charge in [0.05, 0.1) is 0 Å². The number of halogens is 2. The summed E-state index contributed by atoms with van der Waals surface area (Å²) in [4.78, 5) is 13.3. The molecule has 0 spiro atoms. The van der Waals surface area contributed by atoms with Crippen LogP contribution >= 0.6 is 20.2 Å². The van der Waals surface area contributed by atoms with Gasteiger partial charge < -0.3 is 0 Å². The number of carbonyl (C=O) groups is 1. The summed E-state index contributed by atoms with van der Waals surface area (Å²) in [5.74, 6) is -1.49. The van der Waals surface area contributed by atoms with E-state index in [9.17, 15) is 9.32 Å². The number of alkyl halides is 2. The van der Waals surface area contributed by atoms with Gasteiger partial charge in [-0.2, -0.15) is 0 Å². The third-order valence-electron chi connectivity index (χ3n) is 1.41. The summed E-state index contributed by atoms with van der Waals surface area (Å²) in [5, 5.41) is 0. The van der Waals surface area contributed by atoms with Crippen LogP contribution in [0.25, 0.3) is 0 Å². The van der Waals surface area contributed by atoms with Crippen molar-refractivity contribution in [1.82, 2.24) is 0 Å². The molecule has 4 nitrogen and oxygen atoms in total. The third-order valence-corrected chi connectivity index (χ3v) is 5.59. The Bertz CT molecular complexity index is 241. The van der Waals surface area contributed by atoms with E-state index < -0.39 is 32.0 Å². The Hall–Kier alpha value is -0.210. The van der Waals surface area contributed by atoms with Crippen molar-refractivity contribution in [2.45, 2.75) is 19.6 Å². The van der Waals surface area contributed by atoms with Crippen molar-refractivity contribution in [1.29, 1.82) is 0 Å². The molecule has 1 fully saturated rings. The molecule has 1 saturated heterocycles. The molecule has 14 heavy (non-hydrogen) atoms. The van der Waals surface area contributed by atoms with Crippen molar-refractivity contribution < 1.29 is 22.1 Å². The number of rotatable bonds is 3. The number of carbonyl (C=O) groups excluding carboxylic acids is 1. The molecular weight excluding hydrogens is 306 g/mol. The van der Waals surface area contributed by atoms with Crippen molar-refractivity contribution in [2.75, 3.05) is 9.04 Å². The molecule has 0 atom stereocenters. The Morgan fingerprint density at radius 1 is 1.71 bits per heavy atom. The van der Waals surface area contributed by atoms with Crippen LogP contribution in [0.2, 0.25) is 0 Å². The standard InChI is InChI=1S/C8H12FIO4/c1-8(2)12-6-10(14-8)5-3-4-7(11)13-9/h3-4H,5-6H2,1-2H3/b4-3+. The quantitative estimate of drug-likeness (QED) is 0.454. The van der Waals surface area contributed by atoms with Gasteiger partial charge in [-0.25, -0.2) is 0 Å². The molecule has 0 bridgehead atoms. The molecule has 0 aliphatic carbocycles. The molecule has 0 unspecified atom stereocenters. The van der Waals surface area contributed by atoms with Gasteiger partial charge in [0.15, 0.2) is 0 Å². The van der Waals surface area contributed by atoms with Gasteiger partial charge in [0.2, 0.25) is 0 Å². The first-order chi connectivity index (χ1) is 6.53. The van der Waals surface area contributed by atoms with E-state index in [-0.39, 0.29) is 0 Å². The van der Waals surface area contributed by atoms with Crippen molar-refractivity contribution in [3.63, 3.8) is 0 Å². The monoisotopic (exact) mass is 318 g/mol. The van der Waals surface area contributed by atoms with Gasteiger partial charge in [-0.1, -0.05) is 0 Å². The van der Waals surface area contributed by atoms with E-state index in [1.165, 1.54) is 0 Å². The molecule has 1 rings (SSSR count). The van der Waals surface area contributed by atoms with Crippen LogP contribution in [0.15, 0.2) is 12.2 Å². The van der Waals surface area contributed by atoms with Crippen LogP contribution in [-0.4, -0.2) is 20.8 Å². The maximum atomic E-state index is 11.3. The first-order valence-electron chi connectivity index (χ1n) is 3.98. The van der Waals surface area contributed by atoms with E-state index in [1.54, 1.807) is 6.08 Å². The van der Waals surface area contributed by atoms with Crippen LogP contribution in [0.1, 0.15) is 13.8 Å². The molecule has 1 aliphatic heterocycles. The third kappa shape index (κ3) is 3.89. The van der Waals surface area contributed by atoms with Crippen LogP contribution in [-0.2, 0) is 17.5 Å². The average molecular weight is 318 g/mol. The number of hydrogen-bond donors (Lipinski definition) is 0. The summed E-state index contributed by atoms with van der Waals surface area (Å²) >= 11 is -1.58. The van der Waals surface area contributed by atoms with Crippen molar-refractivity contribution >= 4 is 26.2 Å². The molecule has 0 N–H and O–H groups in total. The summed E-state index contributed by atoms with van der Waals surface area (Å²) in [5.41, 5.74) is 0. The van der Waals surface area contributed by atoms with Crippen LogP contribution < -0.4 is 0 Å². The van der Waals surface area contributed by atoms with Crippen LogP contribution in [0.4, 0.5) is 4.53 Å². The van der Waals surface area contributed by atoms with Gasteiger partial charge in [0.25, 0.3) is 0 Å². The molecule has 1 aliphatic rings. The van der Waals surface area contributed by atoms with Gasteiger partial charge in [0, 0.05) is 0 Å². The Labute approximate surface area is 89.2 Å². The summed E-state index contributed by atoms with van der Waals surface area (Å²) in [7, 11) is 0. The second kappa shape index (κ2) is 5.04. The number of hydrogen-bond acceptors (Lipinski definition) is 4. The zero-order valence-corrected chi connectivity index (χ0v) is 10.1. The minimum atomic E-state index is -1.58. The molecule has 0 aromatic carbocycles. The Balaban J connectivity index is 2.27. The van der Waals surface area contributed by atoms with Crippen molar-refractivity contribution in [2.24, 2.45) is 0 Å². The van der Waals surface area contributed by atoms with Gasteiger partial charge >= 0.3 is 89.1 Å². The maximum absolute atomic E-state index is 11.3. The van der Waals surface area contributed by atoms with Gasteiger partial charge in [0.1, 0.15) is 0 Å². The molecule has 1 heterocycles. The normalized spacial score (nSPS) is 22.9. The molecule has 0 aromatic heterocycles. The molecule has 0 aromatic rings. The van der Waals surface area contributed by atoms with Crippen molar-refractivity contribution in [3.8, 4) is 0 Å². The van der Waals surface area contributed by atoms with E-state index in [1.807, 2.05) is 13.8 Å². The zero-order valence-electron chi connectivity index (χ0n) is 7.96. The van der Waals surface area contributed by atoms with E-state index in [0.29, 0.717) is 9.04 Å². The SMILES string of the molecule is CC1(C)OCI(C/C=C/C(=O)OF)O1. The van der Waals surface area contributed by atoms with E-state index in [4.69, 9.17) is 7.80 Å². The Morgan fingerprint density at radius 3 is 2.93 bits per heavy atom. The van der Waals surface area contributed by atoms with E-state index in [2.05, 4.69) is 4.94 Å². The predicted octanol–water partition coefficient (Wildman–Crippen LogP) is 2.13. The Morgan fingerprint density at radius 2 is 2.43 bits per heavy atom. The molecule has 0 radical (unpaired) electrons. The number of ether oxygens (including phenoxy) is 1. The molecule has 0 amide bonds. The van der Waals surface area contributed by atoms with Crippen LogP contribution in [0.3, 0.4) is 0 Å². The van der Waals surface area contributed by atoms with E-state index in [0.717, 1.165) is 6.08 Å². The summed E-state index contributed by atoms with van der Waals surface area (Å²) < 4.78 is 23.5. The Kier molecular flexibility index (Phi) is 4.27. The zero-order chi connectivity index (χ0) is 10.6. The number of allylic oxidation sites excluding steroid dienone is 1. The summed E-state index contributed by atoms with van der Waals surface area (Å²) in [6.45, 7) is 3.70.